The highest BCUT2D eigenvalue weighted by Gasteiger charge is 2.53. The fraction of sp³-hybridized carbons (Fsp3) is 0.333. The van der Waals surface area contributed by atoms with Gasteiger partial charge in [-0.05, 0) is 12.1 Å². The van der Waals surface area contributed by atoms with E-state index >= 15 is 0 Å². The van der Waals surface area contributed by atoms with Gasteiger partial charge in [0, 0.05) is 16.6 Å². The molecule has 2 aliphatic rings. The van der Waals surface area contributed by atoms with E-state index in [0.29, 0.717) is 16.0 Å². The van der Waals surface area contributed by atoms with E-state index in [1.807, 2.05) is 0 Å². The summed E-state index contributed by atoms with van der Waals surface area (Å²) in [4.78, 5) is 11.8. The zero-order valence-electron chi connectivity index (χ0n) is 15.1. The first-order valence-electron chi connectivity index (χ1n) is 8.58. The van der Waals surface area contributed by atoms with Crippen LogP contribution in [-0.2, 0) is 0 Å². The zero-order chi connectivity index (χ0) is 21.6. The second-order valence-electron chi connectivity index (χ2n) is 6.87. The van der Waals surface area contributed by atoms with Gasteiger partial charge in [-0.25, -0.2) is 0 Å². The minimum atomic E-state index is -3.10. The number of hydrogen-bond donors (Lipinski definition) is 1. The van der Waals surface area contributed by atoms with Crippen LogP contribution in [-0.4, -0.2) is 31.5 Å². The predicted molar refractivity (Wildman–Crippen MR) is 106 cm³/mol. The minimum Gasteiger partial charge on any atom is -0.619 e. The van der Waals surface area contributed by atoms with Crippen molar-refractivity contribution in [2.24, 2.45) is 11.1 Å². The van der Waals surface area contributed by atoms with Gasteiger partial charge in [-0.1, -0.05) is 23.2 Å². The van der Waals surface area contributed by atoms with Gasteiger partial charge in [-0.2, -0.15) is 25.3 Å². The van der Waals surface area contributed by atoms with Gasteiger partial charge < -0.3 is 25.2 Å². The van der Waals surface area contributed by atoms with Crippen molar-refractivity contribution in [3.05, 3.63) is 50.9 Å². The maximum atomic E-state index is 12.8. The van der Waals surface area contributed by atoms with E-state index in [4.69, 9.17) is 38.4 Å². The van der Waals surface area contributed by atoms with Gasteiger partial charge in [0.25, 0.3) is 5.91 Å². The lowest BCUT2D eigenvalue weighted by atomic mass is 9.83. The number of fused-ring (bicyclic) bond motifs is 1. The van der Waals surface area contributed by atoms with E-state index in [-0.39, 0.29) is 51.3 Å². The molecule has 30 heavy (non-hydrogen) atoms. The minimum absolute atomic E-state index is 0.0182. The highest BCUT2D eigenvalue weighted by Crippen LogP contribution is 2.61. The van der Waals surface area contributed by atoms with Crippen LogP contribution in [0.25, 0.3) is 0 Å². The van der Waals surface area contributed by atoms with Crippen molar-refractivity contribution in [2.75, 3.05) is 19.0 Å². The second kappa shape index (κ2) is 7.82. The molecule has 0 bridgehead atoms. The molecule has 3 heterocycles. The number of carbonyl (C=O) groups is 1. The van der Waals surface area contributed by atoms with Crippen LogP contribution < -0.4 is 24.7 Å². The standard InChI is InChI=1S/C18H14Cl2F2N2O5S/c19-9-3-24(26)4-10(20)12(9)15-18(7-30-15)5-27-13-8(16(23)25)1-2-11(29-17(21)22)14(13)28-6-18/h1-4,15,17H,5-7H2,(H2,23,25). The Morgan fingerprint density at radius 3 is 2.43 bits per heavy atom. The molecule has 160 valence electrons. The predicted octanol–water partition coefficient (Wildman–Crippen LogP) is 3.57. The molecule has 1 fully saturated rings. The zero-order valence-corrected chi connectivity index (χ0v) is 17.4. The molecule has 0 radical (unpaired) electrons. The Balaban J connectivity index is 1.71. The number of primary amides is 1. The molecule has 2 atom stereocenters. The number of nitrogens with zero attached hydrogens (tertiary/aromatic N) is 1. The summed E-state index contributed by atoms with van der Waals surface area (Å²) < 4.78 is 42.3. The molecule has 1 amide bonds. The third-order valence-corrected chi connectivity index (χ3v) is 7.33. The lowest BCUT2D eigenvalue weighted by Gasteiger charge is -2.47. The number of carbonyl (C=O) groups excluding carboxylic acids is 1. The third kappa shape index (κ3) is 3.57. The van der Waals surface area contributed by atoms with Crippen LogP contribution in [0.4, 0.5) is 8.78 Å². The van der Waals surface area contributed by atoms with Gasteiger partial charge in [0.15, 0.2) is 23.9 Å². The SMILES string of the molecule is NC(=O)c1ccc(OC(F)F)c2c1OCC1(CO2)CSC1c1c(Cl)c[n+]([O-])cc1Cl. The Morgan fingerprint density at radius 1 is 1.27 bits per heavy atom. The summed E-state index contributed by atoms with van der Waals surface area (Å²) in [6.07, 6.45) is 2.39. The van der Waals surface area contributed by atoms with E-state index in [1.165, 1.54) is 36.3 Å². The summed E-state index contributed by atoms with van der Waals surface area (Å²) in [5, 5.41) is 11.7. The summed E-state index contributed by atoms with van der Waals surface area (Å²) in [5.41, 5.74) is 5.29. The van der Waals surface area contributed by atoms with Gasteiger partial charge in [-0.3, -0.25) is 4.79 Å². The number of rotatable bonds is 4. The number of aromatic nitrogens is 1. The molecule has 4 rings (SSSR count). The topological polar surface area (TPSA) is 97.7 Å². The number of hydrogen-bond acceptors (Lipinski definition) is 6. The van der Waals surface area contributed by atoms with Crippen molar-refractivity contribution < 1.29 is 32.5 Å². The van der Waals surface area contributed by atoms with Crippen molar-refractivity contribution in [1.29, 1.82) is 0 Å². The number of amides is 1. The summed E-state index contributed by atoms with van der Waals surface area (Å²) in [5.74, 6) is -0.670. The Kier molecular flexibility index (Phi) is 5.50. The Hall–Kier alpha value is -2.17. The monoisotopic (exact) mass is 478 g/mol. The summed E-state index contributed by atoms with van der Waals surface area (Å²) in [7, 11) is 0. The van der Waals surface area contributed by atoms with E-state index in [9.17, 15) is 18.8 Å². The summed E-state index contributed by atoms with van der Waals surface area (Å²) in [6.45, 7) is -2.96. The molecule has 7 nitrogen and oxygen atoms in total. The van der Waals surface area contributed by atoms with Crippen LogP contribution >= 0.6 is 35.0 Å². The molecular formula is C18H14Cl2F2N2O5S. The van der Waals surface area contributed by atoms with Gasteiger partial charge in [0.1, 0.15) is 10.0 Å². The molecule has 1 aromatic heterocycles. The lowest BCUT2D eigenvalue weighted by Crippen LogP contribution is -2.48. The van der Waals surface area contributed by atoms with E-state index in [0.717, 1.165) is 0 Å². The lowest BCUT2D eigenvalue weighted by molar-refractivity contribution is -0.605. The fourth-order valence-corrected chi connectivity index (χ4v) is 5.79. The van der Waals surface area contributed by atoms with Crippen LogP contribution in [0, 0.1) is 10.6 Å². The Labute approximate surface area is 183 Å². The van der Waals surface area contributed by atoms with E-state index < -0.39 is 17.9 Å². The number of nitrogens with two attached hydrogens (primary N) is 1. The average Bonchev–Trinajstić information content (AvgIpc) is 2.85. The number of alkyl halides is 2. The van der Waals surface area contributed by atoms with Crippen molar-refractivity contribution in [3.8, 4) is 17.2 Å². The first kappa shape index (κ1) is 21.1. The van der Waals surface area contributed by atoms with Gasteiger partial charge in [0.2, 0.25) is 5.75 Å². The van der Waals surface area contributed by atoms with Crippen molar-refractivity contribution >= 4 is 40.9 Å². The molecule has 2 aliphatic heterocycles. The van der Waals surface area contributed by atoms with Crippen molar-refractivity contribution in [3.63, 3.8) is 0 Å². The van der Waals surface area contributed by atoms with Crippen LogP contribution in [0.5, 0.6) is 17.2 Å². The van der Waals surface area contributed by atoms with Gasteiger partial charge in [-0.15, -0.1) is 0 Å². The van der Waals surface area contributed by atoms with Gasteiger partial charge >= 0.3 is 6.61 Å². The first-order valence-corrected chi connectivity index (χ1v) is 10.4. The molecule has 2 aromatic rings. The highest BCUT2D eigenvalue weighted by atomic mass is 35.5. The summed E-state index contributed by atoms with van der Waals surface area (Å²) in [6, 6.07) is 2.42. The molecule has 1 spiro atoms. The quantitative estimate of drug-likeness (QED) is 0.532. The van der Waals surface area contributed by atoms with Crippen LogP contribution in [0.1, 0.15) is 21.2 Å². The smallest absolute Gasteiger partial charge is 0.387 e. The number of benzene rings is 1. The third-order valence-electron chi connectivity index (χ3n) is 4.92. The maximum Gasteiger partial charge on any atom is 0.387 e. The molecular weight excluding hydrogens is 465 g/mol. The average molecular weight is 479 g/mol. The molecule has 1 saturated heterocycles. The van der Waals surface area contributed by atoms with Crippen LogP contribution in [0.2, 0.25) is 10.0 Å². The largest absolute Gasteiger partial charge is 0.619 e. The number of thioether (sulfide) groups is 1. The van der Waals surface area contributed by atoms with Crippen LogP contribution in [0.15, 0.2) is 24.5 Å². The highest BCUT2D eigenvalue weighted by molar-refractivity contribution is 8.01. The van der Waals surface area contributed by atoms with Crippen molar-refractivity contribution in [2.45, 2.75) is 11.9 Å². The van der Waals surface area contributed by atoms with E-state index in [2.05, 4.69) is 4.74 Å². The molecule has 0 aliphatic carbocycles. The molecule has 12 heteroatoms. The Bertz CT molecular complexity index is 1010. The van der Waals surface area contributed by atoms with Crippen LogP contribution in [0.3, 0.4) is 0 Å². The number of halogens is 4. The molecule has 1 aromatic carbocycles. The van der Waals surface area contributed by atoms with E-state index in [1.54, 1.807) is 0 Å². The molecule has 2 N–H and O–H groups in total. The first-order chi connectivity index (χ1) is 14.2. The number of pyridine rings is 1. The van der Waals surface area contributed by atoms with Crippen molar-refractivity contribution in [1.82, 2.24) is 0 Å². The molecule has 0 saturated carbocycles. The molecule has 2 unspecified atom stereocenters. The Morgan fingerprint density at radius 2 is 1.90 bits per heavy atom. The normalized spacial score (nSPS) is 22.5. The van der Waals surface area contributed by atoms with Gasteiger partial charge in [0.05, 0.1) is 24.2 Å². The maximum absolute atomic E-state index is 12.8. The number of ether oxygens (including phenoxy) is 3. The second-order valence-corrected chi connectivity index (χ2v) is 8.78. The summed E-state index contributed by atoms with van der Waals surface area (Å²) >= 11 is 14.0. The fourth-order valence-electron chi connectivity index (χ4n) is 3.47.